The van der Waals surface area contributed by atoms with Crippen molar-refractivity contribution < 1.29 is 17.6 Å². The standard InChI is InChI=1S/C21H16F4N6/c22-13-5-8-16-15(9-13)28-19(11-1-2-11)31(16)18-10-17(26)29-20(30-18)27-14-6-3-12(4-7-14)21(23,24)25/h3-11H,1-2H2,(H3,26,27,29,30). The molecule has 10 heteroatoms. The molecule has 0 bridgehead atoms. The van der Waals surface area contributed by atoms with Gasteiger partial charge in [0, 0.05) is 23.7 Å². The second-order valence-corrected chi connectivity index (χ2v) is 7.39. The fourth-order valence-corrected chi connectivity index (χ4v) is 3.42. The van der Waals surface area contributed by atoms with Gasteiger partial charge in [-0.1, -0.05) is 0 Å². The quantitative estimate of drug-likeness (QED) is 0.438. The van der Waals surface area contributed by atoms with Crippen LogP contribution < -0.4 is 11.1 Å². The highest BCUT2D eigenvalue weighted by molar-refractivity contribution is 5.78. The van der Waals surface area contributed by atoms with Gasteiger partial charge in [-0.15, -0.1) is 0 Å². The molecule has 158 valence electrons. The number of imidazole rings is 1. The molecule has 3 N–H and O–H groups in total. The molecule has 0 radical (unpaired) electrons. The largest absolute Gasteiger partial charge is 0.416 e. The molecule has 1 fully saturated rings. The SMILES string of the molecule is Nc1cc(-n2c(C3CC3)nc3cc(F)ccc32)nc(Nc2ccc(C(F)(F)F)cc2)n1. The number of halogens is 4. The molecular weight excluding hydrogens is 412 g/mol. The Balaban J connectivity index is 1.54. The minimum Gasteiger partial charge on any atom is -0.383 e. The lowest BCUT2D eigenvalue weighted by atomic mass is 10.2. The number of nitrogen functional groups attached to an aromatic ring is 1. The number of nitrogens with zero attached hydrogens (tertiary/aromatic N) is 4. The number of anilines is 3. The van der Waals surface area contributed by atoms with Crippen LogP contribution >= 0.6 is 0 Å². The third-order valence-corrected chi connectivity index (χ3v) is 5.01. The van der Waals surface area contributed by atoms with E-state index in [-0.39, 0.29) is 23.5 Å². The molecule has 2 heterocycles. The predicted octanol–water partition coefficient (Wildman–Crippen LogP) is 5.18. The summed E-state index contributed by atoms with van der Waals surface area (Å²) in [5, 5.41) is 2.88. The molecule has 2 aromatic heterocycles. The van der Waals surface area contributed by atoms with Crippen molar-refractivity contribution in [1.82, 2.24) is 19.5 Å². The number of nitrogens with one attached hydrogen (secondary N) is 1. The Morgan fingerprint density at radius 1 is 0.968 bits per heavy atom. The second-order valence-electron chi connectivity index (χ2n) is 7.39. The first-order chi connectivity index (χ1) is 14.8. The highest BCUT2D eigenvalue weighted by Gasteiger charge is 2.31. The van der Waals surface area contributed by atoms with Crippen molar-refractivity contribution in [2.75, 3.05) is 11.1 Å². The molecular formula is C21H16F4N6. The Labute approximate surface area is 173 Å². The second kappa shape index (κ2) is 6.93. The summed E-state index contributed by atoms with van der Waals surface area (Å²) in [6, 6.07) is 10.4. The summed E-state index contributed by atoms with van der Waals surface area (Å²) >= 11 is 0. The molecule has 31 heavy (non-hydrogen) atoms. The van der Waals surface area contributed by atoms with Crippen LogP contribution in [0.4, 0.5) is 35.0 Å². The topological polar surface area (TPSA) is 81.7 Å². The first-order valence-corrected chi connectivity index (χ1v) is 9.55. The third kappa shape index (κ3) is 3.76. The molecule has 0 saturated heterocycles. The van der Waals surface area contributed by atoms with Crippen LogP contribution in [0, 0.1) is 5.82 Å². The van der Waals surface area contributed by atoms with Crippen LogP contribution in [0.5, 0.6) is 0 Å². The Hall–Kier alpha value is -3.69. The first kappa shape index (κ1) is 19.3. The average Bonchev–Trinajstić information content (AvgIpc) is 3.48. The minimum atomic E-state index is -4.42. The van der Waals surface area contributed by atoms with E-state index in [0.29, 0.717) is 22.5 Å². The Kier molecular flexibility index (Phi) is 4.31. The minimum absolute atomic E-state index is 0.125. The van der Waals surface area contributed by atoms with Gasteiger partial charge in [-0.2, -0.15) is 23.1 Å². The normalized spacial score (nSPS) is 14.2. The lowest BCUT2D eigenvalue weighted by Crippen LogP contribution is -2.08. The van der Waals surface area contributed by atoms with E-state index in [1.807, 2.05) is 4.57 Å². The van der Waals surface area contributed by atoms with Crippen LogP contribution in [-0.2, 0) is 6.18 Å². The molecule has 4 aromatic rings. The van der Waals surface area contributed by atoms with Gasteiger partial charge in [0.05, 0.1) is 16.6 Å². The van der Waals surface area contributed by atoms with Gasteiger partial charge in [0.25, 0.3) is 0 Å². The molecule has 0 spiro atoms. The number of benzene rings is 2. The summed E-state index contributed by atoms with van der Waals surface area (Å²) < 4.78 is 53.8. The van der Waals surface area contributed by atoms with Gasteiger partial charge in [0.2, 0.25) is 5.95 Å². The summed E-state index contributed by atoms with van der Waals surface area (Å²) in [4.78, 5) is 13.2. The van der Waals surface area contributed by atoms with Crippen LogP contribution in [-0.4, -0.2) is 19.5 Å². The van der Waals surface area contributed by atoms with E-state index in [1.165, 1.54) is 24.3 Å². The van der Waals surface area contributed by atoms with E-state index in [0.717, 1.165) is 30.8 Å². The highest BCUT2D eigenvalue weighted by Crippen LogP contribution is 2.42. The fraction of sp³-hybridized carbons (Fsp3) is 0.190. The van der Waals surface area contributed by atoms with Gasteiger partial charge >= 0.3 is 6.18 Å². The van der Waals surface area contributed by atoms with E-state index < -0.39 is 11.7 Å². The number of rotatable bonds is 4. The summed E-state index contributed by atoms with van der Waals surface area (Å²) in [7, 11) is 0. The molecule has 1 aliphatic carbocycles. The molecule has 0 amide bonds. The van der Waals surface area contributed by atoms with Crippen LogP contribution in [0.2, 0.25) is 0 Å². The number of aromatic nitrogens is 4. The van der Waals surface area contributed by atoms with Crippen LogP contribution in [0.1, 0.15) is 30.1 Å². The first-order valence-electron chi connectivity index (χ1n) is 9.55. The van der Waals surface area contributed by atoms with Gasteiger partial charge in [-0.3, -0.25) is 4.57 Å². The van der Waals surface area contributed by atoms with Crippen molar-refractivity contribution in [1.29, 1.82) is 0 Å². The zero-order valence-corrected chi connectivity index (χ0v) is 16.0. The maximum Gasteiger partial charge on any atom is 0.416 e. The Morgan fingerprint density at radius 3 is 2.39 bits per heavy atom. The molecule has 1 saturated carbocycles. The lowest BCUT2D eigenvalue weighted by Gasteiger charge is -2.12. The number of nitrogens with two attached hydrogens (primary N) is 1. The fourth-order valence-electron chi connectivity index (χ4n) is 3.42. The molecule has 6 nitrogen and oxygen atoms in total. The zero-order chi connectivity index (χ0) is 21.8. The van der Waals surface area contributed by atoms with Crippen molar-refractivity contribution in [3.05, 3.63) is 65.7 Å². The van der Waals surface area contributed by atoms with E-state index >= 15 is 0 Å². The number of hydrogen-bond donors (Lipinski definition) is 2. The van der Waals surface area contributed by atoms with E-state index in [4.69, 9.17) is 5.73 Å². The Bertz CT molecular complexity index is 1280. The van der Waals surface area contributed by atoms with Gasteiger partial charge < -0.3 is 11.1 Å². The van der Waals surface area contributed by atoms with Gasteiger partial charge in [0.1, 0.15) is 23.3 Å². The number of alkyl halides is 3. The molecule has 0 unspecified atom stereocenters. The van der Waals surface area contributed by atoms with Gasteiger partial charge in [-0.25, -0.2) is 9.37 Å². The van der Waals surface area contributed by atoms with Gasteiger partial charge in [-0.05, 0) is 49.2 Å². The summed E-state index contributed by atoms with van der Waals surface area (Å²) in [6.07, 6.45) is -2.47. The molecule has 5 rings (SSSR count). The molecule has 0 atom stereocenters. The highest BCUT2D eigenvalue weighted by atomic mass is 19.4. The van der Waals surface area contributed by atoms with E-state index in [9.17, 15) is 17.6 Å². The molecule has 0 aliphatic heterocycles. The maximum atomic E-state index is 13.7. The monoisotopic (exact) mass is 428 g/mol. The lowest BCUT2D eigenvalue weighted by molar-refractivity contribution is -0.137. The zero-order valence-electron chi connectivity index (χ0n) is 16.0. The molecule has 1 aliphatic rings. The van der Waals surface area contributed by atoms with E-state index in [2.05, 4.69) is 20.3 Å². The van der Waals surface area contributed by atoms with Crippen molar-refractivity contribution in [3.8, 4) is 5.82 Å². The summed E-state index contributed by atoms with van der Waals surface area (Å²) in [6.45, 7) is 0. The number of fused-ring (bicyclic) bond motifs is 1. The smallest absolute Gasteiger partial charge is 0.383 e. The van der Waals surface area contributed by atoms with Crippen LogP contribution in [0.15, 0.2) is 48.5 Å². The van der Waals surface area contributed by atoms with Crippen LogP contribution in [0.3, 0.4) is 0 Å². The van der Waals surface area contributed by atoms with Crippen molar-refractivity contribution in [3.63, 3.8) is 0 Å². The predicted molar refractivity (Wildman–Crippen MR) is 108 cm³/mol. The molecule has 2 aromatic carbocycles. The summed E-state index contributed by atoms with van der Waals surface area (Å²) in [5.74, 6) is 1.37. The van der Waals surface area contributed by atoms with Crippen molar-refractivity contribution in [2.24, 2.45) is 0 Å². The Morgan fingerprint density at radius 2 is 1.71 bits per heavy atom. The summed E-state index contributed by atoms with van der Waals surface area (Å²) in [5.41, 5.74) is 6.80. The maximum absolute atomic E-state index is 13.7. The van der Waals surface area contributed by atoms with Crippen LogP contribution in [0.25, 0.3) is 16.9 Å². The average molecular weight is 428 g/mol. The van der Waals surface area contributed by atoms with Crippen molar-refractivity contribution in [2.45, 2.75) is 24.9 Å². The van der Waals surface area contributed by atoms with Gasteiger partial charge in [0.15, 0.2) is 0 Å². The third-order valence-electron chi connectivity index (χ3n) is 5.01. The van der Waals surface area contributed by atoms with E-state index in [1.54, 1.807) is 12.1 Å². The number of hydrogen-bond acceptors (Lipinski definition) is 5. The van der Waals surface area contributed by atoms with Crippen molar-refractivity contribution >= 4 is 28.5 Å².